The minimum atomic E-state index is -0.679. The fourth-order valence-corrected chi connectivity index (χ4v) is 4.25. The summed E-state index contributed by atoms with van der Waals surface area (Å²) in [5.41, 5.74) is 1.45. The summed E-state index contributed by atoms with van der Waals surface area (Å²) >= 11 is 0. The molecule has 10 nitrogen and oxygen atoms in total. The first-order valence-electron chi connectivity index (χ1n) is 11.4. The van der Waals surface area contributed by atoms with Crippen molar-refractivity contribution in [1.82, 2.24) is 15.1 Å². The van der Waals surface area contributed by atoms with Crippen molar-refractivity contribution in [1.29, 1.82) is 0 Å². The Morgan fingerprint density at radius 2 is 1.60 bits per heavy atom. The number of hydrogen-bond acceptors (Lipinski definition) is 8. The van der Waals surface area contributed by atoms with Crippen LogP contribution >= 0.6 is 0 Å². The van der Waals surface area contributed by atoms with E-state index in [1.807, 2.05) is 18.2 Å². The van der Waals surface area contributed by atoms with Crippen molar-refractivity contribution >= 4 is 11.8 Å². The van der Waals surface area contributed by atoms with Crippen molar-refractivity contribution in [2.75, 3.05) is 54.3 Å². The van der Waals surface area contributed by atoms with Crippen molar-refractivity contribution in [2.45, 2.75) is 19.5 Å². The molecule has 1 fully saturated rings. The molecular weight excluding hydrogens is 454 g/mol. The molecule has 2 aromatic carbocycles. The van der Waals surface area contributed by atoms with Crippen LogP contribution in [0.1, 0.15) is 22.8 Å². The quantitative estimate of drug-likeness (QED) is 0.606. The molecule has 2 aliphatic rings. The lowest BCUT2D eigenvalue weighted by molar-refractivity contribution is -0.134. The van der Waals surface area contributed by atoms with E-state index in [0.717, 1.165) is 36.7 Å². The molecule has 188 valence electrons. The van der Waals surface area contributed by atoms with Crippen LogP contribution in [-0.2, 0) is 11.3 Å². The van der Waals surface area contributed by atoms with Gasteiger partial charge in [-0.2, -0.15) is 0 Å². The summed E-state index contributed by atoms with van der Waals surface area (Å²) in [4.78, 5) is 29.9. The number of carbonyl (C=O) groups is 2. The Balaban J connectivity index is 1.31. The van der Waals surface area contributed by atoms with Crippen molar-refractivity contribution in [3.8, 4) is 28.7 Å². The van der Waals surface area contributed by atoms with Crippen LogP contribution in [0, 0.1) is 0 Å². The zero-order chi connectivity index (χ0) is 24.9. The second kappa shape index (κ2) is 10.7. The summed E-state index contributed by atoms with van der Waals surface area (Å²) in [6, 6.07) is 8.40. The lowest BCUT2D eigenvalue weighted by atomic mass is 10.1. The lowest BCUT2D eigenvalue weighted by Gasteiger charge is -2.36. The van der Waals surface area contributed by atoms with Crippen LogP contribution in [0.5, 0.6) is 28.7 Å². The van der Waals surface area contributed by atoms with Gasteiger partial charge in [0.2, 0.25) is 18.4 Å². The smallest absolute Gasteiger partial charge is 0.252 e. The molecule has 2 heterocycles. The molecule has 1 unspecified atom stereocenters. The van der Waals surface area contributed by atoms with Gasteiger partial charge in [-0.1, -0.05) is 6.07 Å². The number of piperazine rings is 1. The molecule has 0 bridgehead atoms. The first-order valence-corrected chi connectivity index (χ1v) is 11.4. The predicted molar refractivity (Wildman–Crippen MR) is 127 cm³/mol. The van der Waals surface area contributed by atoms with Gasteiger partial charge in [0.25, 0.3) is 5.91 Å². The Bertz CT molecular complexity index is 1060. The first-order chi connectivity index (χ1) is 16.9. The highest BCUT2D eigenvalue weighted by atomic mass is 16.7. The van der Waals surface area contributed by atoms with Crippen LogP contribution in [0.2, 0.25) is 0 Å². The van der Waals surface area contributed by atoms with Gasteiger partial charge >= 0.3 is 0 Å². The minimum Gasteiger partial charge on any atom is -0.493 e. The average Bonchev–Trinajstić information content (AvgIpc) is 3.35. The Hall–Kier alpha value is -3.66. The van der Waals surface area contributed by atoms with E-state index in [-0.39, 0.29) is 12.7 Å². The van der Waals surface area contributed by atoms with Gasteiger partial charge in [-0.05, 0) is 36.8 Å². The molecule has 2 aromatic rings. The highest BCUT2D eigenvalue weighted by Crippen LogP contribution is 2.38. The van der Waals surface area contributed by atoms with E-state index in [4.69, 9.17) is 23.7 Å². The molecule has 0 aromatic heterocycles. The van der Waals surface area contributed by atoms with Crippen molar-refractivity contribution < 1.29 is 33.3 Å². The fraction of sp³-hybridized carbons (Fsp3) is 0.440. The molecule has 0 aliphatic carbocycles. The lowest BCUT2D eigenvalue weighted by Crippen LogP contribution is -2.53. The first kappa shape index (κ1) is 24.5. The second-order valence-corrected chi connectivity index (χ2v) is 8.40. The standard InChI is InChI=1S/C25H31N3O7/c1-16(26-24(29)18-12-21(31-2)23(33-4)22(13-18)32-3)25(30)28-9-7-27(8-10-28)14-17-5-6-19-20(11-17)35-15-34-19/h5-6,11-13,16H,7-10,14-15H2,1-4H3,(H,26,29). The molecule has 0 radical (unpaired) electrons. The Morgan fingerprint density at radius 1 is 0.943 bits per heavy atom. The third-order valence-corrected chi connectivity index (χ3v) is 6.17. The van der Waals surface area contributed by atoms with Crippen molar-refractivity contribution in [3.63, 3.8) is 0 Å². The molecule has 1 saturated heterocycles. The highest BCUT2D eigenvalue weighted by molar-refractivity contribution is 5.98. The number of methoxy groups -OCH3 is 3. The van der Waals surface area contributed by atoms with Crippen LogP contribution in [0.3, 0.4) is 0 Å². The number of rotatable bonds is 8. The number of nitrogens with zero attached hydrogens (tertiary/aromatic N) is 2. The number of amides is 2. The molecule has 2 amide bonds. The van der Waals surface area contributed by atoms with Crippen LogP contribution < -0.4 is 29.0 Å². The SMILES string of the molecule is COc1cc(C(=O)NC(C)C(=O)N2CCN(Cc3ccc4c(c3)OCO4)CC2)cc(OC)c1OC. The third-order valence-electron chi connectivity index (χ3n) is 6.17. The molecule has 0 spiro atoms. The molecule has 1 atom stereocenters. The molecule has 0 saturated carbocycles. The highest BCUT2D eigenvalue weighted by Gasteiger charge is 2.27. The van der Waals surface area contributed by atoms with Crippen LogP contribution in [0.15, 0.2) is 30.3 Å². The Kier molecular flexibility index (Phi) is 7.50. The number of nitrogens with one attached hydrogen (secondary N) is 1. The summed E-state index contributed by atoms with van der Waals surface area (Å²) < 4.78 is 26.7. The molecule has 4 rings (SSSR count). The van der Waals surface area contributed by atoms with E-state index in [0.29, 0.717) is 35.9 Å². The van der Waals surface area contributed by atoms with Gasteiger partial charge in [0.05, 0.1) is 21.3 Å². The molecule has 35 heavy (non-hydrogen) atoms. The number of hydrogen-bond donors (Lipinski definition) is 1. The van der Waals surface area contributed by atoms with Gasteiger partial charge in [-0.25, -0.2) is 0 Å². The van der Waals surface area contributed by atoms with Gasteiger partial charge in [0, 0.05) is 38.3 Å². The zero-order valence-electron chi connectivity index (χ0n) is 20.5. The van der Waals surface area contributed by atoms with Crippen molar-refractivity contribution in [2.24, 2.45) is 0 Å². The average molecular weight is 486 g/mol. The predicted octanol–water partition coefficient (Wildman–Crippen LogP) is 1.90. The van der Waals surface area contributed by atoms with Crippen LogP contribution in [0.25, 0.3) is 0 Å². The van der Waals surface area contributed by atoms with Crippen LogP contribution in [-0.4, -0.2) is 82.0 Å². The van der Waals surface area contributed by atoms with Crippen molar-refractivity contribution in [3.05, 3.63) is 41.5 Å². The van der Waals surface area contributed by atoms with Crippen LogP contribution in [0.4, 0.5) is 0 Å². The Morgan fingerprint density at radius 3 is 2.23 bits per heavy atom. The van der Waals surface area contributed by atoms with Gasteiger partial charge in [0.15, 0.2) is 23.0 Å². The maximum absolute atomic E-state index is 13.0. The molecular formula is C25H31N3O7. The van der Waals surface area contributed by atoms with Gasteiger partial charge in [-0.15, -0.1) is 0 Å². The van der Waals surface area contributed by atoms with E-state index < -0.39 is 11.9 Å². The molecule has 1 N–H and O–H groups in total. The van der Waals surface area contributed by atoms with E-state index in [9.17, 15) is 9.59 Å². The maximum Gasteiger partial charge on any atom is 0.252 e. The van der Waals surface area contributed by atoms with E-state index in [2.05, 4.69) is 10.2 Å². The summed E-state index contributed by atoms with van der Waals surface area (Å²) in [6.45, 7) is 5.39. The Labute approximate surface area is 204 Å². The number of fused-ring (bicyclic) bond motifs is 1. The van der Waals surface area contributed by atoms with Gasteiger partial charge < -0.3 is 33.9 Å². The van der Waals surface area contributed by atoms with Gasteiger partial charge in [0.1, 0.15) is 6.04 Å². The summed E-state index contributed by atoms with van der Waals surface area (Å²) in [7, 11) is 4.46. The zero-order valence-corrected chi connectivity index (χ0v) is 20.5. The summed E-state index contributed by atoms with van der Waals surface area (Å²) in [5.74, 6) is 2.16. The number of ether oxygens (including phenoxy) is 5. The molecule has 10 heteroatoms. The largest absolute Gasteiger partial charge is 0.493 e. The maximum atomic E-state index is 13.0. The number of benzene rings is 2. The molecule has 2 aliphatic heterocycles. The van der Waals surface area contributed by atoms with E-state index in [1.54, 1.807) is 24.0 Å². The topological polar surface area (TPSA) is 98.8 Å². The summed E-state index contributed by atoms with van der Waals surface area (Å²) in [5, 5.41) is 2.79. The fourth-order valence-electron chi connectivity index (χ4n) is 4.25. The third kappa shape index (κ3) is 5.37. The van der Waals surface area contributed by atoms with Gasteiger partial charge in [-0.3, -0.25) is 14.5 Å². The summed E-state index contributed by atoms with van der Waals surface area (Å²) in [6.07, 6.45) is 0. The monoisotopic (exact) mass is 485 g/mol. The second-order valence-electron chi connectivity index (χ2n) is 8.40. The van der Waals surface area contributed by atoms with E-state index >= 15 is 0 Å². The normalized spacial score (nSPS) is 15.9. The minimum absolute atomic E-state index is 0.117. The number of carbonyl (C=O) groups excluding carboxylic acids is 2. The van der Waals surface area contributed by atoms with E-state index in [1.165, 1.54) is 21.3 Å².